The van der Waals surface area contributed by atoms with Crippen molar-refractivity contribution in [3.63, 3.8) is 0 Å². The predicted octanol–water partition coefficient (Wildman–Crippen LogP) is 2.20. The number of esters is 1. The first kappa shape index (κ1) is 16.4. The first-order valence-corrected chi connectivity index (χ1v) is 9.33. The fourth-order valence-corrected chi connectivity index (χ4v) is 3.53. The number of aromatic nitrogens is 2. The Kier molecular flexibility index (Phi) is 4.61. The van der Waals surface area contributed by atoms with Crippen LogP contribution in [0.2, 0.25) is 0 Å². The van der Waals surface area contributed by atoms with Crippen LogP contribution >= 0.6 is 0 Å². The second kappa shape index (κ2) is 7.04. The lowest BCUT2D eigenvalue weighted by atomic mass is 10.2. The van der Waals surface area contributed by atoms with Gasteiger partial charge in [0.25, 0.3) is 0 Å². The summed E-state index contributed by atoms with van der Waals surface area (Å²) >= 11 is 0. The quantitative estimate of drug-likeness (QED) is 0.816. The third-order valence-electron chi connectivity index (χ3n) is 5.08. The van der Waals surface area contributed by atoms with E-state index in [0.717, 1.165) is 43.1 Å². The molecule has 4 rings (SSSR count). The molecule has 25 heavy (non-hydrogen) atoms. The Bertz CT molecular complexity index is 745. The number of piperazine rings is 1. The van der Waals surface area contributed by atoms with Crippen LogP contribution in [0, 0.1) is 5.92 Å². The fraction of sp³-hybridized carbons (Fsp3) is 0.579. The van der Waals surface area contributed by atoms with E-state index in [1.54, 1.807) is 0 Å². The third-order valence-corrected chi connectivity index (χ3v) is 5.08. The van der Waals surface area contributed by atoms with Crippen molar-refractivity contribution >= 4 is 22.7 Å². The Hall–Kier alpha value is -2.08. The largest absolute Gasteiger partial charge is 0.466 e. The third kappa shape index (κ3) is 3.95. The Morgan fingerprint density at radius 3 is 2.80 bits per heavy atom. The highest BCUT2D eigenvalue weighted by atomic mass is 16.5. The van der Waals surface area contributed by atoms with Gasteiger partial charge in [-0.15, -0.1) is 0 Å². The van der Waals surface area contributed by atoms with Gasteiger partial charge in [-0.05, 0) is 43.9 Å². The van der Waals surface area contributed by atoms with Crippen LogP contribution in [0.25, 0.3) is 11.0 Å². The fourth-order valence-electron chi connectivity index (χ4n) is 3.53. The molecule has 1 aliphatic heterocycles. The second-order valence-electron chi connectivity index (χ2n) is 7.10. The molecule has 1 aromatic carbocycles. The van der Waals surface area contributed by atoms with Crippen LogP contribution < -0.4 is 4.90 Å². The van der Waals surface area contributed by atoms with Gasteiger partial charge in [0, 0.05) is 38.4 Å². The number of imidazole rings is 1. The molecule has 0 radical (unpaired) electrons. The van der Waals surface area contributed by atoms with Crippen LogP contribution in [0.15, 0.2) is 18.2 Å². The number of nitrogens with one attached hydrogen (secondary N) is 1. The lowest BCUT2D eigenvalue weighted by molar-refractivity contribution is -0.142. The maximum absolute atomic E-state index is 11.6. The Balaban J connectivity index is 1.41. The molecule has 2 aromatic rings. The van der Waals surface area contributed by atoms with Crippen LogP contribution in [0.1, 0.15) is 25.6 Å². The summed E-state index contributed by atoms with van der Waals surface area (Å²) in [6.45, 7) is 7.93. The van der Waals surface area contributed by atoms with E-state index in [4.69, 9.17) is 4.74 Å². The highest BCUT2D eigenvalue weighted by Gasteiger charge is 2.26. The molecule has 1 aliphatic carbocycles. The first-order chi connectivity index (χ1) is 12.2. The van der Waals surface area contributed by atoms with Gasteiger partial charge in [0.15, 0.2) is 0 Å². The van der Waals surface area contributed by atoms with Crippen molar-refractivity contribution in [1.29, 1.82) is 0 Å². The predicted molar refractivity (Wildman–Crippen MR) is 97.8 cm³/mol. The molecule has 0 atom stereocenters. The number of hydrogen-bond donors (Lipinski definition) is 1. The van der Waals surface area contributed by atoms with Crippen LogP contribution in [0.5, 0.6) is 0 Å². The zero-order valence-corrected chi connectivity index (χ0v) is 14.8. The molecule has 2 aliphatic rings. The summed E-state index contributed by atoms with van der Waals surface area (Å²) in [5, 5.41) is 0. The van der Waals surface area contributed by atoms with Gasteiger partial charge in [0.1, 0.15) is 12.2 Å². The van der Waals surface area contributed by atoms with Gasteiger partial charge in [-0.1, -0.05) is 0 Å². The number of rotatable bonds is 6. The number of carbonyl (C=O) groups is 1. The average molecular weight is 342 g/mol. The van der Waals surface area contributed by atoms with Crippen LogP contribution in [-0.2, 0) is 16.0 Å². The first-order valence-electron chi connectivity index (χ1n) is 9.33. The van der Waals surface area contributed by atoms with Crippen LogP contribution in [-0.4, -0.2) is 60.2 Å². The van der Waals surface area contributed by atoms with E-state index in [-0.39, 0.29) is 12.4 Å². The summed E-state index contributed by atoms with van der Waals surface area (Å²) in [5.41, 5.74) is 3.11. The topological polar surface area (TPSA) is 61.5 Å². The molecule has 6 nitrogen and oxygen atoms in total. The number of fused-ring (bicyclic) bond motifs is 1. The van der Waals surface area contributed by atoms with Gasteiger partial charge < -0.3 is 14.6 Å². The Morgan fingerprint density at radius 1 is 1.28 bits per heavy atom. The minimum absolute atomic E-state index is 0.192. The van der Waals surface area contributed by atoms with E-state index < -0.39 is 0 Å². The molecular formula is C19H26N4O2. The number of anilines is 1. The summed E-state index contributed by atoms with van der Waals surface area (Å²) in [6.07, 6.45) is 3.04. The van der Waals surface area contributed by atoms with E-state index >= 15 is 0 Å². The average Bonchev–Trinajstić information content (AvgIpc) is 3.32. The molecular weight excluding hydrogens is 316 g/mol. The van der Waals surface area contributed by atoms with Crippen molar-refractivity contribution in [1.82, 2.24) is 14.9 Å². The van der Waals surface area contributed by atoms with Crippen molar-refractivity contribution in [3.05, 3.63) is 24.0 Å². The second-order valence-corrected chi connectivity index (χ2v) is 7.10. The lowest BCUT2D eigenvalue weighted by Gasteiger charge is -2.36. The highest BCUT2D eigenvalue weighted by Crippen LogP contribution is 2.30. The van der Waals surface area contributed by atoms with Gasteiger partial charge in [0.05, 0.1) is 17.6 Å². The van der Waals surface area contributed by atoms with Gasteiger partial charge >= 0.3 is 5.97 Å². The molecule has 134 valence electrons. The van der Waals surface area contributed by atoms with Gasteiger partial charge in [-0.2, -0.15) is 0 Å². The number of H-pyrrole nitrogens is 1. The van der Waals surface area contributed by atoms with Gasteiger partial charge in [-0.3, -0.25) is 9.69 Å². The summed E-state index contributed by atoms with van der Waals surface area (Å²) in [5.74, 6) is 1.39. The Labute approximate surface area is 148 Å². The summed E-state index contributed by atoms with van der Waals surface area (Å²) in [6, 6.07) is 6.31. The summed E-state index contributed by atoms with van der Waals surface area (Å²) in [7, 11) is 0. The zero-order valence-electron chi connectivity index (χ0n) is 14.8. The van der Waals surface area contributed by atoms with E-state index in [2.05, 4.69) is 31.9 Å². The molecule has 2 fully saturated rings. The maximum Gasteiger partial charge on any atom is 0.313 e. The zero-order chi connectivity index (χ0) is 17.2. The molecule has 2 heterocycles. The number of benzene rings is 1. The molecule has 1 saturated carbocycles. The molecule has 1 aromatic heterocycles. The van der Waals surface area contributed by atoms with Crippen LogP contribution in [0.4, 0.5) is 5.69 Å². The number of ether oxygens (including phenoxy) is 1. The molecule has 1 N–H and O–H groups in total. The highest BCUT2D eigenvalue weighted by molar-refractivity contribution is 5.81. The summed E-state index contributed by atoms with van der Waals surface area (Å²) in [4.78, 5) is 24.4. The number of aromatic amines is 1. The van der Waals surface area contributed by atoms with Crippen molar-refractivity contribution in [2.45, 2.75) is 26.2 Å². The summed E-state index contributed by atoms with van der Waals surface area (Å²) < 4.78 is 4.99. The maximum atomic E-state index is 11.6. The van der Waals surface area contributed by atoms with Crippen molar-refractivity contribution in [2.24, 2.45) is 5.92 Å². The monoisotopic (exact) mass is 342 g/mol. The molecule has 0 amide bonds. The minimum Gasteiger partial charge on any atom is -0.466 e. The Morgan fingerprint density at radius 2 is 2.08 bits per heavy atom. The van der Waals surface area contributed by atoms with Crippen molar-refractivity contribution < 1.29 is 9.53 Å². The van der Waals surface area contributed by atoms with Gasteiger partial charge in [0.2, 0.25) is 0 Å². The van der Waals surface area contributed by atoms with Crippen LogP contribution in [0.3, 0.4) is 0 Å². The van der Waals surface area contributed by atoms with Gasteiger partial charge in [-0.25, -0.2) is 4.98 Å². The van der Waals surface area contributed by atoms with E-state index in [1.165, 1.54) is 25.1 Å². The normalized spacial score (nSPS) is 18.7. The number of hydrogen-bond acceptors (Lipinski definition) is 5. The van der Waals surface area contributed by atoms with E-state index in [9.17, 15) is 4.79 Å². The number of nitrogens with zero attached hydrogens (tertiary/aromatic N) is 3. The SMILES string of the molecule is CCOC(=O)Cc1nc2ccc(N3CCN(CC4CC4)CC3)cc2[nH]1. The number of carbonyl (C=O) groups excluding carboxylic acids is 1. The van der Waals surface area contributed by atoms with Crippen molar-refractivity contribution in [3.8, 4) is 0 Å². The molecule has 0 spiro atoms. The molecule has 6 heteroatoms. The molecule has 1 saturated heterocycles. The van der Waals surface area contributed by atoms with Crippen molar-refractivity contribution in [2.75, 3.05) is 44.2 Å². The van der Waals surface area contributed by atoms with E-state index in [1.807, 2.05) is 13.0 Å². The standard InChI is InChI=1S/C19H26N4O2/c1-2-25-19(24)12-18-20-16-6-5-15(11-17(16)21-18)23-9-7-22(8-10-23)13-14-3-4-14/h5-6,11,14H,2-4,7-10,12-13H2,1H3,(H,20,21). The minimum atomic E-state index is -0.242. The smallest absolute Gasteiger partial charge is 0.313 e. The van der Waals surface area contributed by atoms with E-state index in [0.29, 0.717) is 12.4 Å². The molecule has 0 unspecified atom stereocenters. The molecule has 0 bridgehead atoms. The lowest BCUT2D eigenvalue weighted by Crippen LogP contribution is -2.47.